The summed E-state index contributed by atoms with van der Waals surface area (Å²) >= 11 is 5.77. The number of hydrogen-bond acceptors (Lipinski definition) is 3. The van der Waals surface area contributed by atoms with Crippen LogP contribution in [0.25, 0.3) is 0 Å². The first-order valence-corrected chi connectivity index (χ1v) is 7.92. The van der Waals surface area contributed by atoms with Gasteiger partial charge in [-0.05, 0) is 37.2 Å². The minimum absolute atomic E-state index is 0.105. The van der Waals surface area contributed by atoms with E-state index in [0.717, 1.165) is 25.7 Å². The number of halogens is 1. The highest BCUT2D eigenvalue weighted by Crippen LogP contribution is 2.13. The fourth-order valence-corrected chi connectivity index (χ4v) is 2.13. The van der Waals surface area contributed by atoms with E-state index >= 15 is 0 Å². The van der Waals surface area contributed by atoms with Gasteiger partial charge in [0.2, 0.25) is 5.91 Å². The second kappa shape index (κ2) is 10.2. The summed E-state index contributed by atoms with van der Waals surface area (Å²) in [6, 6.07) is 5.81. The lowest BCUT2D eigenvalue weighted by atomic mass is 10.1. The Balaban J connectivity index is 2.39. The zero-order valence-electron chi connectivity index (χ0n) is 12.8. The Morgan fingerprint density at radius 3 is 2.45 bits per heavy atom. The van der Waals surface area contributed by atoms with Crippen molar-refractivity contribution in [2.75, 3.05) is 11.9 Å². The number of carbonyl (C=O) groups excluding carboxylic acids is 1. The molecule has 1 aromatic carbocycles. The molecule has 0 aliphatic heterocycles. The number of carboxylic acid groups (broad SMARTS) is 1. The van der Waals surface area contributed by atoms with Gasteiger partial charge in [0.05, 0.1) is 6.42 Å². The second-order valence-electron chi connectivity index (χ2n) is 5.16. The summed E-state index contributed by atoms with van der Waals surface area (Å²) in [5, 5.41) is 15.3. The highest BCUT2D eigenvalue weighted by atomic mass is 35.5. The van der Waals surface area contributed by atoms with Crippen LogP contribution in [0, 0.1) is 0 Å². The molecule has 3 N–H and O–H groups in total. The lowest BCUT2D eigenvalue weighted by molar-refractivity contribution is -0.141. The van der Waals surface area contributed by atoms with E-state index in [2.05, 4.69) is 17.6 Å². The van der Waals surface area contributed by atoms with Gasteiger partial charge < -0.3 is 15.7 Å². The second-order valence-corrected chi connectivity index (χ2v) is 5.60. The summed E-state index contributed by atoms with van der Waals surface area (Å²) in [6.07, 6.45) is 4.14. The van der Waals surface area contributed by atoms with Gasteiger partial charge >= 0.3 is 5.97 Å². The number of rotatable bonds is 10. The van der Waals surface area contributed by atoms with Crippen molar-refractivity contribution < 1.29 is 14.7 Å². The van der Waals surface area contributed by atoms with E-state index in [0.29, 0.717) is 17.3 Å². The van der Waals surface area contributed by atoms with Gasteiger partial charge in [-0.2, -0.15) is 0 Å². The van der Waals surface area contributed by atoms with Crippen molar-refractivity contribution in [3.63, 3.8) is 0 Å². The van der Waals surface area contributed by atoms with Crippen LogP contribution in [-0.2, 0) is 9.59 Å². The first-order valence-electron chi connectivity index (χ1n) is 7.54. The third kappa shape index (κ3) is 7.43. The molecule has 1 rings (SSSR count). The number of unbranched alkanes of at least 4 members (excludes halogenated alkanes) is 3. The fourth-order valence-electron chi connectivity index (χ4n) is 2.01. The molecule has 0 heterocycles. The maximum atomic E-state index is 11.9. The molecule has 0 aliphatic rings. The van der Waals surface area contributed by atoms with E-state index in [4.69, 9.17) is 16.7 Å². The van der Waals surface area contributed by atoms with Gasteiger partial charge in [0.15, 0.2) is 0 Å². The minimum atomic E-state index is -1.01. The molecule has 1 amide bonds. The van der Waals surface area contributed by atoms with E-state index in [1.165, 1.54) is 0 Å². The number of aliphatic carboxylic acids is 1. The van der Waals surface area contributed by atoms with Crippen LogP contribution in [0.15, 0.2) is 24.3 Å². The van der Waals surface area contributed by atoms with Crippen molar-refractivity contribution >= 4 is 29.2 Å². The van der Waals surface area contributed by atoms with Gasteiger partial charge in [0.1, 0.15) is 6.04 Å². The van der Waals surface area contributed by atoms with E-state index in [9.17, 15) is 9.59 Å². The van der Waals surface area contributed by atoms with Gasteiger partial charge in [0, 0.05) is 10.7 Å². The molecule has 122 valence electrons. The van der Waals surface area contributed by atoms with Gasteiger partial charge in [-0.25, -0.2) is 0 Å². The molecule has 1 atom stereocenters. The molecule has 0 bridgehead atoms. The molecule has 0 spiro atoms. The number of benzene rings is 1. The Bertz CT molecular complexity index is 477. The number of carbonyl (C=O) groups is 2. The SMILES string of the molecule is CCCCCCNC(CC(=O)Nc1ccc(Cl)cc1)C(=O)O. The van der Waals surface area contributed by atoms with E-state index < -0.39 is 12.0 Å². The number of anilines is 1. The Labute approximate surface area is 136 Å². The molecule has 0 radical (unpaired) electrons. The van der Waals surface area contributed by atoms with Crippen molar-refractivity contribution in [1.82, 2.24) is 5.32 Å². The monoisotopic (exact) mass is 326 g/mol. The number of nitrogens with one attached hydrogen (secondary N) is 2. The fraction of sp³-hybridized carbons (Fsp3) is 0.500. The van der Waals surface area contributed by atoms with Gasteiger partial charge in [-0.1, -0.05) is 37.8 Å². The molecule has 1 aromatic rings. The van der Waals surface area contributed by atoms with Gasteiger partial charge in [-0.15, -0.1) is 0 Å². The summed E-state index contributed by atoms with van der Waals surface area (Å²) in [7, 11) is 0. The lowest BCUT2D eigenvalue weighted by Gasteiger charge is -2.14. The minimum Gasteiger partial charge on any atom is -0.480 e. The average Bonchev–Trinajstić information content (AvgIpc) is 2.48. The summed E-state index contributed by atoms with van der Waals surface area (Å²) in [4.78, 5) is 23.1. The molecular formula is C16H23ClN2O3. The third-order valence-electron chi connectivity index (χ3n) is 3.24. The third-order valence-corrected chi connectivity index (χ3v) is 3.49. The number of hydrogen-bond donors (Lipinski definition) is 3. The van der Waals surface area contributed by atoms with Crippen molar-refractivity contribution in [2.24, 2.45) is 0 Å². The number of amides is 1. The van der Waals surface area contributed by atoms with Crippen molar-refractivity contribution in [3.8, 4) is 0 Å². The summed E-state index contributed by atoms with van der Waals surface area (Å²) in [6.45, 7) is 2.72. The number of carboxylic acids is 1. The largest absolute Gasteiger partial charge is 0.480 e. The zero-order chi connectivity index (χ0) is 16.4. The van der Waals surface area contributed by atoms with E-state index in [1.807, 2.05) is 0 Å². The van der Waals surface area contributed by atoms with Crippen LogP contribution in [0.2, 0.25) is 5.02 Å². The summed E-state index contributed by atoms with van der Waals surface area (Å²) < 4.78 is 0. The topological polar surface area (TPSA) is 78.4 Å². The van der Waals surface area contributed by atoms with Crippen LogP contribution < -0.4 is 10.6 Å². The Morgan fingerprint density at radius 1 is 1.18 bits per heavy atom. The van der Waals surface area contributed by atoms with Crippen LogP contribution in [-0.4, -0.2) is 29.6 Å². The van der Waals surface area contributed by atoms with Crippen molar-refractivity contribution in [1.29, 1.82) is 0 Å². The molecule has 5 nitrogen and oxygen atoms in total. The highest BCUT2D eigenvalue weighted by Gasteiger charge is 2.20. The lowest BCUT2D eigenvalue weighted by Crippen LogP contribution is -2.40. The molecule has 0 aromatic heterocycles. The molecular weight excluding hydrogens is 304 g/mol. The summed E-state index contributed by atoms with van der Waals surface area (Å²) in [5.74, 6) is -1.35. The Hall–Kier alpha value is -1.59. The highest BCUT2D eigenvalue weighted by molar-refractivity contribution is 6.30. The van der Waals surface area contributed by atoms with E-state index in [1.54, 1.807) is 24.3 Å². The van der Waals surface area contributed by atoms with Gasteiger partial charge in [-0.3, -0.25) is 9.59 Å². The van der Waals surface area contributed by atoms with Crippen LogP contribution in [0.4, 0.5) is 5.69 Å². The Morgan fingerprint density at radius 2 is 1.86 bits per heavy atom. The normalized spacial score (nSPS) is 11.9. The van der Waals surface area contributed by atoms with Crippen LogP contribution in [0.1, 0.15) is 39.0 Å². The Kier molecular flexibility index (Phi) is 8.55. The standard InChI is InChI=1S/C16H23ClN2O3/c1-2-3-4-5-10-18-14(16(21)22)11-15(20)19-13-8-6-12(17)7-9-13/h6-9,14,18H,2-5,10-11H2,1H3,(H,19,20)(H,21,22). The molecule has 22 heavy (non-hydrogen) atoms. The molecule has 0 saturated heterocycles. The maximum absolute atomic E-state index is 11.9. The zero-order valence-corrected chi connectivity index (χ0v) is 13.5. The smallest absolute Gasteiger partial charge is 0.321 e. The molecule has 1 unspecified atom stereocenters. The molecule has 6 heteroatoms. The van der Waals surface area contributed by atoms with E-state index in [-0.39, 0.29) is 12.3 Å². The maximum Gasteiger partial charge on any atom is 0.321 e. The van der Waals surface area contributed by atoms with Crippen LogP contribution in [0.3, 0.4) is 0 Å². The van der Waals surface area contributed by atoms with Gasteiger partial charge in [0.25, 0.3) is 0 Å². The molecule has 0 aliphatic carbocycles. The van der Waals surface area contributed by atoms with Crippen molar-refractivity contribution in [2.45, 2.75) is 45.1 Å². The van der Waals surface area contributed by atoms with Crippen LogP contribution in [0.5, 0.6) is 0 Å². The van der Waals surface area contributed by atoms with Crippen molar-refractivity contribution in [3.05, 3.63) is 29.3 Å². The summed E-state index contributed by atoms with van der Waals surface area (Å²) in [5.41, 5.74) is 0.599. The predicted molar refractivity (Wildman–Crippen MR) is 88.3 cm³/mol. The molecule has 0 saturated carbocycles. The average molecular weight is 327 g/mol. The first-order chi connectivity index (χ1) is 10.5. The molecule has 0 fully saturated rings. The predicted octanol–water partition coefficient (Wildman–Crippen LogP) is 3.29. The first kappa shape index (κ1) is 18.5. The quantitative estimate of drug-likeness (QED) is 0.576. The van der Waals surface area contributed by atoms with Crippen LogP contribution >= 0.6 is 11.6 Å².